The number of nitrogens with zero attached hydrogens (tertiary/aromatic N) is 3. The SMILES string of the molecule is CCc1nn2c(Nc3cc(C)ccc3Cl)ccnc2c1S(=O)(=O)NC(C)(C)C. The number of nitrogens with one attached hydrogen (secondary N) is 2. The zero-order chi connectivity index (χ0) is 20.7. The highest BCUT2D eigenvalue weighted by atomic mass is 35.5. The largest absolute Gasteiger partial charge is 0.339 e. The Balaban J connectivity index is 2.17. The van der Waals surface area contributed by atoms with Crippen molar-refractivity contribution in [3.63, 3.8) is 0 Å². The van der Waals surface area contributed by atoms with Crippen molar-refractivity contribution in [1.82, 2.24) is 19.3 Å². The third-order valence-electron chi connectivity index (χ3n) is 3.97. The van der Waals surface area contributed by atoms with Gasteiger partial charge in [0.2, 0.25) is 10.0 Å². The second kappa shape index (κ2) is 7.35. The van der Waals surface area contributed by atoms with E-state index in [4.69, 9.17) is 11.6 Å². The van der Waals surface area contributed by atoms with Gasteiger partial charge in [0.15, 0.2) is 5.65 Å². The molecule has 7 nitrogen and oxygen atoms in total. The molecule has 0 atom stereocenters. The molecule has 0 amide bonds. The number of fused-ring (bicyclic) bond motifs is 1. The third kappa shape index (κ3) is 4.14. The molecule has 0 aliphatic heterocycles. The first kappa shape index (κ1) is 20.6. The topological polar surface area (TPSA) is 88.4 Å². The monoisotopic (exact) mass is 421 g/mol. The van der Waals surface area contributed by atoms with Crippen LogP contribution in [0.1, 0.15) is 39.0 Å². The summed E-state index contributed by atoms with van der Waals surface area (Å²) in [5, 5.41) is 8.29. The van der Waals surface area contributed by atoms with Crippen LogP contribution in [0.5, 0.6) is 0 Å². The lowest BCUT2D eigenvalue weighted by atomic mass is 10.1. The van der Waals surface area contributed by atoms with E-state index < -0.39 is 15.6 Å². The van der Waals surface area contributed by atoms with E-state index in [9.17, 15) is 8.42 Å². The van der Waals surface area contributed by atoms with Crippen LogP contribution in [-0.4, -0.2) is 28.6 Å². The Morgan fingerprint density at radius 3 is 2.57 bits per heavy atom. The summed E-state index contributed by atoms with van der Waals surface area (Å²) in [5.74, 6) is 0.574. The molecule has 2 heterocycles. The molecule has 3 rings (SSSR count). The van der Waals surface area contributed by atoms with Crippen molar-refractivity contribution < 1.29 is 8.42 Å². The van der Waals surface area contributed by atoms with Crippen LogP contribution in [0.4, 0.5) is 11.5 Å². The van der Waals surface area contributed by atoms with Gasteiger partial charge in [0, 0.05) is 11.7 Å². The number of aromatic nitrogens is 3. The fraction of sp³-hybridized carbons (Fsp3) is 0.368. The number of benzene rings is 1. The number of anilines is 2. The number of halogens is 1. The Hall–Kier alpha value is -2.16. The standard InChI is InChI=1S/C19H24ClN5O2S/c1-6-14-17(28(26,27)24-19(3,4)5)18-21-10-9-16(25(18)23-14)22-15-11-12(2)7-8-13(15)20/h7-11,22,24H,6H2,1-5H3. The van der Waals surface area contributed by atoms with Gasteiger partial charge in [0.05, 0.1) is 16.4 Å². The third-order valence-corrected chi connectivity index (χ3v) is 6.14. The first-order chi connectivity index (χ1) is 13.0. The van der Waals surface area contributed by atoms with E-state index in [0.717, 1.165) is 5.56 Å². The summed E-state index contributed by atoms with van der Waals surface area (Å²) >= 11 is 6.29. The Morgan fingerprint density at radius 2 is 1.93 bits per heavy atom. The molecule has 150 valence electrons. The Kier molecular flexibility index (Phi) is 5.40. The zero-order valence-corrected chi connectivity index (χ0v) is 18.1. The first-order valence-corrected chi connectivity index (χ1v) is 10.8. The van der Waals surface area contributed by atoms with Crippen LogP contribution in [0.3, 0.4) is 0 Å². The number of aryl methyl sites for hydroxylation is 2. The van der Waals surface area contributed by atoms with Gasteiger partial charge in [0.1, 0.15) is 10.7 Å². The minimum Gasteiger partial charge on any atom is -0.339 e. The van der Waals surface area contributed by atoms with E-state index in [1.54, 1.807) is 39.1 Å². The van der Waals surface area contributed by atoms with Crippen LogP contribution in [0, 0.1) is 6.92 Å². The van der Waals surface area contributed by atoms with Crippen molar-refractivity contribution in [3.8, 4) is 0 Å². The predicted molar refractivity (Wildman–Crippen MR) is 112 cm³/mol. The molecule has 0 fully saturated rings. The molecule has 0 spiro atoms. The molecule has 0 saturated carbocycles. The van der Waals surface area contributed by atoms with Gasteiger partial charge in [-0.25, -0.2) is 18.1 Å². The molecule has 0 unspecified atom stereocenters. The van der Waals surface area contributed by atoms with Crippen LogP contribution in [0.2, 0.25) is 5.02 Å². The molecule has 3 aromatic rings. The van der Waals surface area contributed by atoms with Crippen molar-refractivity contribution in [1.29, 1.82) is 0 Å². The molecule has 0 saturated heterocycles. The Morgan fingerprint density at radius 1 is 1.21 bits per heavy atom. The second-order valence-electron chi connectivity index (χ2n) is 7.66. The number of hydrogen-bond donors (Lipinski definition) is 2. The van der Waals surface area contributed by atoms with E-state index in [0.29, 0.717) is 28.6 Å². The maximum atomic E-state index is 13.0. The van der Waals surface area contributed by atoms with E-state index in [1.165, 1.54) is 4.52 Å². The maximum Gasteiger partial charge on any atom is 0.246 e. The van der Waals surface area contributed by atoms with Crippen LogP contribution in [0.25, 0.3) is 5.65 Å². The molecule has 2 N–H and O–H groups in total. The predicted octanol–water partition coefficient (Wildman–Crippen LogP) is 4.07. The van der Waals surface area contributed by atoms with Crippen molar-refractivity contribution >= 4 is 38.8 Å². The Bertz CT molecular complexity index is 1130. The summed E-state index contributed by atoms with van der Waals surface area (Å²) in [5.41, 5.74) is 1.85. The molecular weight excluding hydrogens is 398 g/mol. The second-order valence-corrected chi connectivity index (χ2v) is 9.69. The van der Waals surface area contributed by atoms with Gasteiger partial charge in [-0.1, -0.05) is 24.6 Å². The quantitative estimate of drug-likeness (QED) is 0.648. The van der Waals surface area contributed by atoms with Gasteiger partial charge in [0.25, 0.3) is 0 Å². The van der Waals surface area contributed by atoms with Crippen molar-refractivity contribution in [3.05, 3.63) is 46.7 Å². The smallest absolute Gasteiger partial charge is 0.246 e. The maximum absolute atomic E-state index is 13.0. The van der Waals surface area contributed by atoms with Gasteiger partial charge >= 0.3 is 0 Å². The minimum atomic E-state index is -3.80. The summed E-state index contributed by atoms with van der Waals surface area (Å²) in [6.07, 6.45) is 2.01. The molecular formula is C19H24ClN5O2S. The lowest BCUT2D eigenvalue weighted by Crippen LogP contribution is -2.40. The van der Waals surface area contributed by atoms with Gasteiger partial charge in [-0.05, 0) is 57.9 Å². The van der Waals surface area contributed by atoms with Crippen LogP contribution in [0.15, 0.2) is 35.4 Å². The van der Waals surface area contributed by atoms with E-state index in [-0.39, 0.29) is 10.5 Å². The lowest BCUT2D eigenvalue weighted by Gasteiger charge is -2.20. The summed E-state index contributed by atoms with van der Waals surface area (Å²) in [4.78, 5) is 4.40. The lowest BCUT2D eigenvalue weighted by molar-refractivity contribution is 0.491. The highest BCUT2D eigenvalue weighted by Crippen LogP contribution is 2.29. The highest BCUT2D eigenvalue weighted by Gasteiger charge is 2.30. The summed E-state index contributed by atoms with van der Waals surface area (Å²) < 4.78 is 30.2. The van der Waals surface area contributed by atoms with Gasteiger partial charge in [-0.15, -0.1) is 0 Å². The molecule has 0 aliphatic carbocycles. The summed E-state index contributed by atoms with van der Waals surface area (Å²) in [6.45, 7) is 9.21. The number of sulfonamides is 1. The van der Waals surface area contributed by atoms with E-state index in [2.05, 4.69) is 20.1 Å². The van der Waals surface area contributed by atoms with E-state index in [1.807, 2.05) is 26.0 Å². The zero-order valence-electron chi connectivity index (χ0n) is 16.5. The van der Waals surface area contributed by atoms with Crippen molar-refractivity contribution in [2.45, 2.75) is 51.5 Å². The van der Waals surface area contributed by atoms with Gasteiger partial charge in [-0.3, -0.25) is 0 Å². The molecule has 28 heavy (non-hydrogen) atoms. The van der Waals surface area contributed by atoms with Crippen molar-refractivity contribution in [2.24, 2.45) is 0 Å². The number of hydrogen-bond acceptors (Lipinski definition) is 5. The van der Waals surface area contributed by atoms with Gasteiger partial charge < -0.3 is 5.32 Å². The fourth-order valence-corrected chi connectivity index (χ4v) is 4.85. The average molecular weight is 422 g/mol. The summed E-state index contributed by atoms with van der Waals surface area (Å²) in [6, 6.07) is 7.37. The van der Waals surface area contributed by atoms with Gasteiger partial charge in [-0.2, -0.15) is 9.61 Å². The molecule has 0 aliphatic rings. The molecule has 0 bridgehead atoms. The average Bonchev–Trinajstić information content (AvgIpc) is 2.96. The first-order valence-electron chi connectivity index (χ1n) is 8.95. The molecule has 1 aromatic carbocycles. The minimum absolute atomic E-state index is 0.101. The fourth-order valence-electron chi connectivity index (χ4n) is 2.90. The molecule has 2 aromatic heterocycles. The molecule has 9 heteroatoms. The Labute approximate surface area is 170 Å². The highest BCUT2D eigenvalue weighted by molar-refractivity contribution is 7.89. The molecule has 0 radical (unpaired) electrons. The normalized spacial score (nSPS) is 12.5. The summed E-state index contributed by atoms with van der Waals surface area (Å²) in [7, 11) is -3.80. The van der Waals surface area contributed by atoms with Crippen LogP contribution < -0.4 is 10.0 Å². The van der Waals surface area contributed by atoms with Crippen LogP contribution in [-0.2, 0) is 16.4 Å². The number of rotatable bonds is 5. The van der Waals surface area contributed by atoms with Crippen molar-refractivity contribution in [2.75, 3.05) is 5.32 Å². The van der Waals surface area contributed by atoms with Crippen LogP contribution >= 0.6 is 11.6 Å². The van der Waals surface area contributed by atoms with E-state index >= 15 is 0 Å².